The minimum atomic E-state index is -0.391. The molecule has 0 radical (unpaired) electrons. The lowest BCUT2D eigenvalue weighted by molar-refractivity contribution is 0.0788. The molecule has 2 aromatic heterocycles. The van der Waals surface area contributed by atoms with Crippen LogP contribution in [-0.4, -0.2) is 46.3 Å². The Morgan fingerprint density at radius 1 is 1.33 bits per heavy atom. The van der Waals surface area contributed by atoms with Crippen LogP contribution in [0.3, 0.4) is 0 Å². The lowest BCUT2D eigenvalue weighted by Gasteiger charge is -2.38. The molecule has 1 unspecified atom stereocenters. The van der Waals surface area contributed by atoms with Crippen molar-refractivity contribution in [2.75, 3.05) is 23.7 Å². The highest BCUT2D eigenvalue weighted by Crippen LogP contribution is 2.36. The summed E-state index contributed by atoms with van der Waals surface area (Å²) in [5.41, 5.74) is 1.16. The van der Waals surface area contributed by atoms with Crippen molar-refractivity contribution in [3.63, 3.8) is 0 Å². The zero-order valence-electron chi connectivity index (χ0n) is 15.1. The highest BCUT2D eigenvalue weighted by Gasteiger charge is 2.47. The van der Waals surface area contributed by atoms with Gasteiger partial charge in [-0.2, -0.15) is 0 Å². The average molecular weight is 365 g/mol. The highest BCUT2D eigenvalue weighted by atomic mass is 16.3. The fourth-order valence-corrected chi connectivity index (χ4v) is 4.37. The number of rotatable bonds is 2. The molecule has 2 N–H and O–H groups in total. The Kier molecular flexibility index (Phi) is 3.88. The molecule has 5 rings (SSSR count). The maximum absolute atomic E-state index is 12.8. The number of amidine groups is 1. The Morgan fingerprint density at radius 3 is 3.04 bits per heavy atom. The molecule has 3 aliphatic rings. The minimum Gasteiger partial charge on any atom is -0.472 e. The van der Waals surface area contributed by atoms with Gasteiger partial charge in [0.2, 0.25) is 0 Å². The van der Waals surface area contributed by atoms with Crippen molar-refractivity contribution in [2.45, 2.75) is 43.7 Å². The molecule has 0 aromatic carbocycles. The minimum absolute atomic E-state index is 0.000347. The average Bonchev–Trinajstić information content (AvgIpc) is 3.44. The lowest BCUT2D eigenvalue weighted by atomic mass is 9.93. The fourth-order valence-electron chi connectivity index (χ4n) is 4.37. The van der Waals surface area contributed by atoms with Gasteiger partial charge < -0.3 is 20.0 Å². The van der Waals surface area contributed by atoms with Gasteiger partial charge in [0.1, 0.15) is 17.6 Å². The Balaban J connectivity index is 1.47. The first kappa shape index (κ1) is 16.4. The van der Waals surface area contributed by atoms with Crippen LogP contribution in [0.2, 0.25) is 0 Å². The first-order valence-corrected chi connectivity index (χ1v) is 9.63. The third kappa shape index (κ3) is 2.87. The zero-order chi connectivity index (χ0) is 18.3. The molecule has 1 amide bonds. The third-order valence-electron chi connectivity index (χ3n) is 5.83. The maximum atomic E-state index is 12.8. The maximum Gasteiger partial charge on any atom is 0.257 e. The topological polar surface area (TPSA) is 82.8 Å². The number of anilines is 2. The number of nitrogens with one attached hydrogen (secondary N) is 2. The Labute approximate surface area is 157 Å². The van der Waals surface area contributed by atoms with Crippen LogP contribution in [0.25, 0.3) is 0 Å². The summed E-state index contributed by atoms with van der Waals surface area (Å²) in [6.45, 7) is 1.25. The van der Waals surface area contributed by atoms with Gasteiger partial charge in [0, 0.05) is 12.7 Å². The van der Waals surface area contributed by atoms with Crippen LogP contribution in [0.1, 0.15) is 42.5 Å². The molecule has 7 heteroatoms. The van der Waals surface area contributed by atoms with Gasteiger partial charge in [-0.15, -0.1) is 0 Å². The number of amides is 1. The summed E-state index contributed by atoms with van der Waals surface area (Å²) in [4.78, 5) is 24.2. The summed E-state index contributed by atoms with van der Waals surface area (Å²) in [5.74, 6) is 1.72. The van der Waals surface area contributed by atoms with E-state index in [0.29, 0.717) is 24.7 Å². The van der Waals surface area contributed by atoms with Crippen LogP contribution in [0.4, 0.5) is 11.5 Å². The van der Waals surface area contributed by atoms with Crippen molar-refractivity contribution < 1.29 is 9.21 Å². The molecule has 0 bridgehead atoms. The molecule has 27 heavy (non-hydrogen) atoms. The molecule has 1 atom stereocenters. The molecule has 4 heterocycles. The van der Waals surface area contributed by atoms with Crippen molar-refractivity contribution in [3.8, 4) is 0 Å². The van der Waals surface area contributed by atoms with Crippen molar-refractivity contribution >= 4 is 23.2 Å². The number of fused-ring (bicyclic) bond motifs is 1. The second-order valence-corrected chi connectivity index (χ2v) is 7.64. The number of nitrogens with zero attached hydrogens (tertiary/aromatic N) is 3. The van der Waals surface area contributed by atoms with Crippen LogP contribution in [0, 0.1) is 0 Å². The van der Waals surface area contributed by atoms with Crippen LogP contribution < -0.4 is 10.6 Å². The second-order valence-electron chi connectivity index (χ2n) is 7.64. The number of likely N-dealkylation sites (tertiary alicyclic amines) is 1. The Hall–Kier alpha value is -2.83. The molecule has 7 nitrogen and oxygen atoms in total. The number of pyridine rings is 1. The van der Waals surface area contributed by atoms with E-state index in [1.165, 1.54) is 25.4 Å². The summed E-state index contributed by atoms with van der Waals surface area (Å²) in [6, 6.07) is 6.01. The number of aromatic nitrogens is 1. The molecule has 140 valence electrons. The van der Waals surface area contributed by atoms with Gasteiger partial charge in [0.05, 0.1) is 30.1 Å². The smallest absolute Gasteiger partial charge is 0.257 e. The fraction of sp³-hybridized carbons (Fsp3) is 0.450. The van der Waals surface area contributed by atoms with E-state index in [-0.39, 0.29) is 5.91 Å². The number of furan rings is 1. The lowest BCUT2D eigenvalue weighted by Crippen LogP contribution is -2.55. The Bertz CT molecular complexity index is 872. The number of hydrogen-bond donors (Lipinski definition) is 2. The molecule has 1 aliphatic carbocycles. The van der Waals surface area contributed by atoms with Gasteiger partial charge in [-0.25, -0.2) is 4.98 Å². The molecule has 2 aliphatic heterocycles. The molecule has 1 spiro atoms. The van der Waals surface area contributed by atoms with Crippen molar-refractivity contribution in [1.82, 2.24) is 9.88 Å². The molecule has 1 saturated heterocycles. The summed E-state index contributed by atoms with van der Waals surface area (Å²) >= 11 is 0. The molecular formula is C20H23N5O2. The van der Waals surface area contributed by atoms with Gasteiger partial charge in [0.25, 0.3) is 5.91 Å². The normalized spacial score (nSPS) is 26.2. The van der Waals surface area contributed by atoms with Crippen molar-refractivity contribution in [2.24, 2.45) is 4.99 Å². The van der Waals surface area contributed by atoms with E-state index in [9.17, 15) is 4.79 Å². The van der Waals surface area contributed by atoms with Gasteiger partial charge in [-0.3, -0.25) is 9.79 Å². The zero-order valence-corrected chi connectivity index (χ0v) is 15.1. The van der Waals surface area contributed by atoms with E-state index < -0.39 is 5.54 Å². The van der Waals surface area contributed by atoms with Gasteiger partial charge in [-0.1, -0.05) is 12.8 Å². The van der Waals surface area contributed by atoms with Gasteiger partial charge in [-0.05, 0) is 37.5 Å². The summed E-state index contributed by atoms with van der Waals surface area (Å²) in [5, 5.41) is 7.12. The third-order valence-corrected chi connectivity index (χ3v) is 5.83. The predicted octanol–water partition coefficient (Wildman–Crippen LogP) is 3.14. The van der Waals surface area contributed by atoms with E-state index in [4.69, 9.17) is 9.41 Å². The predicted molar refractivity (Wildman–Crippen MR) is 103 cm³/mol. The highest BCUT2D eigenvalue weighted by molar-refractivity contribution is 6.09. The largest absolute Gasteiger partial charge is 0.472 e. The first-order chi connectivity index (χ1) is 13.2. The van der Waals surface area contributed by atoms with Gasteiger partial charge >= 0.3 is 0 Å². The van der Waals surface area contributed by atoms with Crippen LogP contribution in [0.5, 0.6) is 0 Å². The van der Waals surface area contributed by atoms with E-state index in [1.54, 1.807) is 12.3 Å². The molecule has 1 saturated carbocycles. The number of hydrogen-bond acceptors (Lipinski definition) is 5. The van der Waals surface area contributed by atoms with Crippen LogP contribution in [-0.2, 0) is 0 Å². The van der Waals surface area contributed by atoms with E-state index in [1.807, 2.05) is 17.0 Å². The molecule has 2 fully saturated rings. The van der Waals surface area contributed by atoms with E-state index >= 15 is 0 Å². The summed E-state index contributed by atoms with van der Waals surface area (Å²) in [6.07, 6.45) is 10.4. The SMILES string of the molecule is O=C(c1ccoc1)N1CCC2(C1)Nc1cccnc1NC2=NC1CCCC1. The van der Waals surface area contributed by atoms with E-state index in [0.717, 1.165) is 36.6 Å². The van der Waals surface area contributed by atoms with Crippen LogP contribution in [0.15, 0.2) is 46.3 Å². The van der Waals surface area contributed by atoms with E-state index in [2.05, 4.69) is 15.6 Å². The summed E-state index contributed by atoms with van der Waals surface area (Å²) in [7, 11) is 0. The standard InChI is InChI=1S/C20H23N5O2/c26-18(14-7-11-27-12-14)25-10-8-20(13-25)19(22-15-4-1-2-5-15)23-17-16(24-20)6-3-9-21-17/h3,6-7,9,11-12,15,24H,1-2,4-5,8,10,13H2,(H,21,22,23). The number of carbonyl (C=O) groups excluding carboxylic acids is 1. The quantitative estimate of drug-likeness (QED) is 0.854. The summed E-state index contributed by atoms with van der Waals surface area (Å²) < 4.78 is 5.08. The molecule has 2 aromatic rings. The number of carbonyl (C=O) groups is 1. The second kappa shape index (κ2) is 6.40. The van der Waals surface area contributed by atoms with Gasteiger partial charge in [0.15, 0.2) is 5.82 Å². The van der Waals surface area contributed by atoms with Crippen LogP contribution >= 0.6 is 0 Å². The number of aliphatic imine (C=N–C) groups is 1. The first-order valence-electron chi connectivity index (χ1n) is 9.63. The van der Waals surface area contributed by atoms with Crippen molar-refractivity contribution in [1.29, 1.82) is 0 Å². The molecular weight excluding hydrogens is 342 g/mol. The monoisotopic (exact) mass is 365 g/mol. The van der Waals surface area contributed by atoms with Crippen molar-refractivity contribution in [3.05, 3.63) is 42.5 Å². The Morgan fingerprint density at radius 2 is 2.22 bits per heavy atom.